The molecule has 17 heavy (non-hydrogen) atoms. The van der Waals surface area contributed by atoms with Crippen LogP contribution in [0.5, 0.6) is 0 Å². The van der Waals surface area contributed by atoms with Gasteiger partial charge in [-0.15, -0.1) is 0 Å². The van der Waals surface area contributed by atoms with Gasteiger partial charge in [-0.3, -0.25) is 4.90 Å². The lowest BCUT2D eigenvalue weighted by atomic mass is 9.93. The number of hydrogen-bond acceptors (Lipinski definition) is 1. The molecule has 1 saturated carbocycles. The molecule has 0 amide bonds. The van der Waals surface area contributed by atoms with Crippen molar-refractivity contribution in [2.24, 2.45) is 0 Å². The van der Waals surface area contributed by atoms with Gasteiger partial charge in [-0.25, -0.2) is 0 Å². The van der Waals surface area contributed by atoms with Gasteiger partial charge in [0.1, 0.15) is 0 Å². The zero-order chi connectivity index (χ0) is 11.5. The summed E-state index contributed by atoms with van der Waals surface area (Å²) in [5.74, 6) is 0. The normalized spacial score (nSPS) is 27.4. The lowest BCUT2D eigenvalue weighted by Gasteiger charge is -2.35. The molecule has 2 fully saturated rings. The third-order valence-corrected chi connectivity index (χ3v) is 4.52. The van der Waals surface area contributed by atoms with Gasteiger partial charge in [0, 0.05) is 12.1 Å². The summed E-state index contributed by atoms with van der Waals surface area (Å²) in [5.41, 5.74) is 1.54. The van der Waals surface area contributed by atoms with Gasteiger partial charge >= 0.3 is 0 Å². The third-order valence-electron chi connectivity index (χ3n) is 4.52. The number of hydrogen-bond donors (Lipinski definition) is 0. The summed E-state index contributed by atoms with van der Waals surface area (Å²) < 4.78 is 0. The van der Waals surface area contributed by atoms with E-state index >= 15 is 0 Å². The molecule has 0 bridgehead atoms. The molecule has 2 aliphatic rings. The average molecular weight is 229 g/mol. The smallest absolute Gasteiger partial charge is 0.0351 e. The molecule has 1 unspecified atom stereocenters. The number of likely N-dealkylation sites (tertiary alicyclic amines) is 1. The summed E-state index contributed by atoms with van der Waals surface area (Å²) in [5, 5.41) is 0. The molecule has 0 aromatic heterocycles. The first-order chi connectivity index (χ1) is 8.45. The number of benzene rings is 1. The Labute approximate surface area is 105 Å². The van der Waals surface area contributed by atoms with Crippen molar-refractivity contribution in [2.75, 3.05) is 6.54 Å². The standard InChI is InChI=1S/C16H23N/c1-3-8-14(9-4-1)16-12-7-13-17(16)15-10-5-2-6-11-15/h1,3-4,8-9,15-16H,2,5-7,10-13H2. The summed E-state index contributed by atoms with van der Waals surface area (Å²) in [6, 6.07) is 12.7. The van der Waals surface area contributed by atoms with Crippen LogP contribution in [0.2, 0.25) is 0 Å². The van der Waals surface area contributed by atoms with E-state index in [2.05, 4.69) is 35.2 Å². The largest absolute Gasteiger partial charge is 0.293 e. The van der Waals surface area contributed by atoms with Crippen LogP contribution in [-0.4, -0.2) is 17.5 Å². The summed E-state index contributed by atoms with van der Waals surface area (Å²) in [6.45, 7) is 1.32. The van der Waals surface area contributed by atoms with Crippen molar-refractivity contribution >= 4 is 0 Å². The van der Waals surface area contributed by atoms with Crippen molar-refractivity contribution in [1.82, 2.24) is 4.90 Å². The highest BCUT2D eigenvalue weighted by Gasteiger charge is 2.31. The zero-order valence-corrected chi connectivity index (χ0v) is 10.6. The van der Waals surface area contributed by atoms with Crippen LogP contribution >= 0.6 is 0 Å². The van der Waals surface area contributed by atoms with Crippen LogP contribution in [0.3, 0.4) is 0 Å². The van der Waals surface area contributed by atoms with E-state index in [-0.39, 0.29) is 0 Å². The van der Waals surface area contributed by atoms with E-state index in [0.29, 0.717) is 6.04 Å². The van der Waals surface area contributed by atoms with Crippen LogP contribution in [0.15, 0.2) is 30.3 Å². The minimum Gasteiger partial charge on any atom is -0.293 e. The Kier molecular flexibility index (Phi) is 3.46. The minimum absolute atomic E-state index is 0.708. The Morgan fingerprint density at radius 2 is 1.59 bits per heavy atom. The highest BCUT2D eigenvalue weighted by Crippen LogP contribution is 2.37. The molecule has 0 radical (unpaired) electrons. The van der Waals surface area contributed by atoms with Gasteiger partial charge in [-0.2, -0.15) is 0 Å². The van der Waals surface area contributed by atoms with Gasteiger partial charge in [-0.1, -0.05) is 49.6 Å². The van der Waals surface area contributed by atoms with Crippen molar-refractivity contribution in [3.63, 3.8) is 0 Å². The monoisotopic (exact) mass is 229 g/mol. The first-order valence-corrected chi connectivity index (χ1v) is 7.26. The SMILES string of the molecule is c1ccc(C2CCCN2C2CCCCC2)cc1. The molecule has 1 aliphatic carbocycles. The van der Waals surface area contributed by atoms with Gasteiger partial charge < -0.3 is 0 Å². The van der Waals surface area contributed by atoms with Crippen molar-refractivity contribution in [3.8, 4) is 0 Å². The van der Waals surface area contributed by atoms with Gasteiger partial charge in [0.25, 0.3) is 0 Å². The second kappa shape index (κ2) is 5.22. The van der Waals surface area contributed by atoms with E-state index < -0.39 is 0 Å². The maximum Gasteiger partial charge on any atom is 0.0351 e. The Balaban J connectivity index is 1.75. The Morgan fingerprint density at radius 1 is 0.824 bits per heavy atom. The topological polar surface area (TPSA) is 3.24 Å². The molecule has 92 valence electrons. The lowest BCUT2D eigenvalue weighted by Crippen LogP contribution is -2.36. The van der Waals surface area contributed by atoms with Crippen LogP contribution < -0.4 is 0 Å². The van der Waals surface area contributed by atoms with E-state index in [1.807, 2.05) is 0 Å². The first kappa shape index (κ1) is 11.3. The highest BCUT2D eigenvalue weighted by molar-refractivity contribution is 5.20. The van der Waals surface area contributed by atoms with E-state index in [1.165, 1.54) is 57.1 Å². The fourth-order valence-corrected chi connectivity index (χ4v) is 3.67. The fourth-order valence-electron chi connectivity index (χ4n) is 3.67. The zero-order valence-electron chi connectivity index (χ0n) is 10.6. The lowest BCUT2D eigenvalue weighted by molar-refractivity contribution is 0.142. The molecule has 1 atom stereocenters. The van der Waals surface area contributed by atoms with E-state index in [9.17, 15) is 0 Å². The Hall–Kier alpha value is -0.820. The van der Waals surface area contributed by atoms with Gasteiger partial charge in [0.05, 0.1) is 0 Å². The van der Waals surface area contributed by atoms with Crippen LogP contribution in [-0.2, 0) is 0 Å². The molecule has 1 nitrogen and oxygen atoms in total. The molecule has 0 N–H and O–H groups in total. The van der Waals surface area contributed by atoms with Crippen molar-refractivity contribution < 1.29 is 0 Å². The van der Waals surface area contributed by atoms with Crippen LogP contribution in [0, 0.1) is 0 Å². The van der Waals surface area contributed by atoms with E-state index in [0.717, 1.165) is 6.04 Å². The molecule has 1 heterocycles. The predicted molar refractivity (Wildman–Crippen MR) is 72.0 cm³/mol. The van der Waals surface area contributed by atoms with E-state index in [4.69, 9.17) is 0 Å². The molecule has 1 heteroatoms. The second-order valence-electron chi connectivity index (χ2n) is 5.60. The first-order valence-electron chi connectivity index (χ1n) is 7.26. The Morgan fingerprint density at radius 3 is 2.35 bits per heavy atom. The quantitative estimate of drug-likeness (QED) is 0.736. The molecule has 1 aliphatic heterocycles. The molecule has 1 saturated heterocycles. The van der Waals surface area contributed by atoms with Crippen molar-refractivity contribution in [3.05, 3.63) is 35.9 Å². The minimum atomic E-state index is 0.708. The molecule has 1 aromatic carbocycles. The van der Waals surface area contributed by atoms with E-state index in [1.54, 1.807) is 0 Å². The fraction of sp³-hybridized carbons (Fsp3) is 0.625. The molecule has 3 rings (SSSR count). The molecule has 0 spiro atoms. The molecular weight excluding hydrogens is 206 g/mol. The maximum atomic E-state index is 2.80. The summed E-state index contributed by atoms with van der Waals surface area (Å²) in [4.78, 5) is 2.80. The highest BCUT2D eigenvalue weighted by atomic mass is 15.2. The van der Waals surface area contributed by atoms with Gasteiger partial charge in [0.15, 0.2) is 0 Å². The van der Waals surface area contributed by atoms with Gasteiger partial charge in [0.2, 0.25) is 0 Å². The molecule has 1 aromatic rings. The maximum absolute atomic E-state index is 2.80. The molecular formula is C16H23N. The average Bonchev–Trinajstić information content (AvgIpc) is 2.90. The van der Waals surface area contributed by atoms with Crippen LogP contribution in [0.25, 0.3) is 0 Å². The Bertz CT molecular complexity index is 340. The summed E-state index contributed by atoms with van der Waals surface area (Å²) in [7, 11) is 0. The summed E-state index contributed by atoms with van der Waals surface area (Å²) >= 11 is 0. The van der Waals surface area contributed by atoms with Crippen LogP contribution in [0.1, 0.15) is 56.6 Å². The second-order valence-corrected chi connectivity index (χ2v) is 5.60. The van der Waals surface area contributed by atoms with Crippen LogP contribution in [0.4, 0.5) is 0 Å². The van der Waals surface area contributed by atoms with Crippen molar-refractivity contribution in [2.45, 2.75) is 57.0 Å². The summed E-state index contributed by atoms with van der Waals surface area (Å²) in [6.07, 6.45) is 9.97. The third kappa shape index (κ3) is 2.40. The van der Waals surface area contributed by atoms with Gasteiger partial charge in [-0.05, 0) is 37.8 Å². The van der Waals surface area contributed by atoms with Crippen molar-refractivity contribution in [1.29, 1.82) is 0 Å². The predicted octanol–water partition coefficient (Wildman–Crippen LogP) is 4.16. The number of rotatable bonds is 2. The number of nitrogens with zero attached hydrogens (tertiary/aromatic N) is 1.